The number of carbonyl (C=O) groups is 2. The Kier molecular flexibility index (Phi) is 2.22. The predicted molar refractivity (Wildman–Crippen MR) is 46.0 cm³/mol. The van der Waals surface area contributed by atoms with Crippen LogP contribution in [0.4, 0.5) is 0 Å². The summed E-state index contributed by atoms with van der Waals surface area (Å²) in [5.74, 6) is -1.10. The molecule has 0 aromatic rings. The first-order valence-electron chi connectivity index (χ1n) is 3.80. The lowest BCUT2D eigenvalue weighted by molar-refractivity contribution is -0.129. The van der Waals surface area contributed by atoms with E-state index in [1.165, 1.54) is 6.92 Å². The van der Waals surface area contributed by atoms with Crippen LogP contribution in [0.1, 0.15) is 20.8 Å². The minimum Gasteiger partial charge on any atom is -0.299 e. The zero-order valence-corrected chi connectivity index (χ0v) is 7.42. The van der Waals surface area contributed by atoms with E-state index in [2.05, 4.69) is 4.99 Å². The molecule has 0 spiro atoms. The molecule has 0 bridgehead atoms. The van der Waals surface area contributed by atoms with Crippen LogP contribution in [0.15, 0.2) is 16.6 Å². The molecule has 0 N–H and O–H groups in total. The number of rotatable bonds is 1. The zero-order chi connectivity index (χ0) is 9.30. The lowest BCUT2D eigenvalue weighted by Crippen LogP contribution is -2.25. The maximum Gasteiger partial charge on any atom is 0.260 e. The van der Waals surface area contributed by atoms with Gasteiger partial charge >= 0.3 is 0 Å². The molecule has 0 aromatic carbocycles. The van der Waals surface area contributed by atoms with Crippen LogP contribution in [0.25, 0.3) is 0 Å². The van der Waals surface area contributed by atoms with Crippen molar-refractivity contribution in [2.45, 2.75) is 20.8 Å². The smallest absolute Gasteiger partial charge is 0.260 e. The summed E-state index contributed by atoms with van der Waals surface area (Å²) in [7, 11) is 0. The van der Waals surface area contributed by atoms with E-state index in [-0.39, 0.29) is 11.7 Å². The molecule has 12 heavy (non-hydrogen) atoms. The lowest BCUT2D eigenvalue weighted by atomic mass is 9.93. The molecule has 1 aliphatic rings. The largest absolute Gasteiger partial charge is 0.299 e. The number of carbonyl (C=O) groups excluding carboxylic acids is 2. The van der Waals surface area contributed by atoms with E-state index >= 15 is 0 Å². The van der Waals surface area contributed by atoms with Crippen LogP contribution in [0, 0.1) is 5.92 Å². The third-order valence-corrected chi connectivity index (χ3v) is 1.83. The van der Waals surface area contributed by atoms with Gasteiger partial charge in [0, 0.05) is 5.71 Å². The number of hydrogen-bond donors (Lipinski definition) is 0. The second-order valence-electron chi connectivity index (χ2n) is 3.02. The van der Waals surface area contributed by atoms with Gasteiger partial charge in [-0.2, -0.15) is 0 Å². The molecule has 3 heteroatoms. The molecule has 0 saturated carbocycles. The zero-order valence-electron chi connectivity index (χ0n) is 7.42. The average Bonchev–Trinajstić information content (AvgIpc) is 1.82. The lowest BCUT2D eigenvalue weighted by Gasteiger charge is -2.14. The summed E-state index contributed by atoms with van der Waals surface area (Å²) in [6.07, 6.45) is 1.77. The summed E-state index contributed by atoms with van der Waals surface area (Å²) in [6, 6.07) is 0. The molecule has 1 unspecified atom stereocenters. The van der Waals surface area contributed by atoms with Gasteiger partial charge in [0.05, 0.1) is 0 Å². The van der Waals surface area contributed by atoms with Crippen molar-refractivity contribution < 1.29 is 9.59 Å². The molecule has 0 aliphatic carbocycles. The van der Waals surface area contributed by atoms with Gasteiger partial charge in [-0.3, -0.25) is 9.59 Å². The Morgan fingerprint density at radius 3 is 2.50 bits per heavy atom. The number of nitrogens with zero attached hydrogens (tertiary/aromatic N) is 1. The minimum absolute atomic E-state index is 0.134. The summed E-state index contributed by atoms with van der Waals surface area (Å²) in [4.78, 5) is 25.9. The number of aliphatic imine (C=N–C) groups is 1. The van der Waals surface area contributed by atoms with Gasteiger partial charge in [0.1, 0.15) is 11.7 Å². The molecule has 1 amide bonds. The first-order valence-corrected chi connectivity index (χ1v) is 3.80. The van der Waals surface area contributed by atoms with Gasteiger partial charge in [0.15, 0.2) is 0 Å². The number of ketones is 1. The van der Waals surface area contributed by atoms with Gasteiger partial charge in [-0.25, -0.2) is 4.99 Å². The van der Waals surface area contributed by atoms with Gasteiger partial charge in [0.25, 0.3) is 5.91 Å². The highest BCUT2D eigenvalue weighted by molar-refractivity contribution is 6.13. The van der Waals surface area contributed by atoms with E-state index < -0.39 is 5.92 Å². The van der Waals surface area contributed by atoms with E-state index in [1.54, 1.807) is 19.9 Å². The maximum atomic E-state index is 11.2. The highest BCUT2D eigenvalue weighted by Crippen LogP contribution is 2.17. The van der Waals surface area contributed by atoms with Crippen LogP contribution in [0.5, 0.6) is 0 Å². The van der Waals surface area contributed by atoms with Crippen LogP contribution in [0.2, 0.25) is 0 Å². The van der Waals surface area contributed by atoms with Crippen molar-refractivity contribution in [1.82, 2.24) is 0 Å². The fourth-order valence-electron chi connectivity index (χ4n) is 1.37. The summed E-state index contributed by atoms with van der Waals surface area (Å²) in [6.45, 7) is 4.94. The monoisotopic (exact) mass is 165 g/mol. The third-order valence-electron chi connectivity index (χ3n) is 1.83. The Morgan fingerprint density at radius 2 is 2.08 bits per heavy atom. The molecule has 0 saturated heterocycles. The summed E-state index contributed by atoms with van der Waals surface area (Å²) < 4.78 is 0. The molecule has 0 fully saturated rings. The van der Waals surface area contributed by atoms with E-state index in [4.69, 9.17) is 0 Å². The molecule has 1 heterocycles. The quantitative estimate of drug-likeness (QED) is 0.547. The van der Waals surface area contributed by atoms with Crippen molar-refractivity contribution in [2.24, 2.45) is 10.9 Å². The van der Waals surface area contributed by atoms with Crippen molar-refractivity contribution in [2.75, 3.05) is 0 Å². The fourth-order valence-corrected chi connectivity index (χ4v) is 1.37. The number of hydrogen-bond acceptors (Lipinski definition) is 2. The summed E-state index contributed by atoms with van der Waals surface area (Å²) >= 11 is 0. The normalized spacial score (nSPS) is 23.2. The Bertz CT molecular complexity index is 300. The van der Waals surface area contributed by atoms with Crippen molar-refractivity contribution in [1.29, 1.82) is 0 Å². The number of amides is 1. The van der Waals surface area contributed by atoms with E-state index in [0.29, 0.717) is 5.71 Å². The second-order valence-corrected chi connectivity index (χ2v) is 3.02. The van der Waals surface area contributed by atoms with Crippen molar-refractivity contribution >= 4 is 17.4 Å². The topological polar surface area (TPSA) is 46.5 Å². The van der Waals surface area contributed by atoms with Crippen LogP contribution >= 0.6 is 0 Å². The molecule has 1 atom stereocenters. The van der Waals surface area contributed by atoms with E-state index in [0.717, 1.165) is 5.57 Å². The first-order chi connectivity index (χ1) is 5.52. The third kappa shape index (κ3) is 1.49. The Hall–Kier alpha value is -1.25. The summed E-state index contributed by atoms with van der Waals surface area (Å²) in [5, 5.41) is 0. The maximum absolute atomic E-state index is 11.2. The van der Waals surface area contributed by atoms with Gasteiger partial charge in [-0.15, -0.1) is 0 Å². The van der Waals surface area contributed by atoms with Gasteiger partial charge < -0.3 is 0 Å². The molecular formula is C9H11NO2. The average molecular weight is 165 g/mol. The van der Waals surface area contributed by atoms with Crippen molar-refractivity contribution in [3.63, 3.8) is 0 Å². The van der Waals surface area contributed by atoms with Gasteiger partial charge in [-0.05, 0) is 26.8 Å². The number of dihydropyridines is 1. The summed E-state index contributed by atoms with van der Waals surface area (Å²) in [5.41, 5.74) is 1.47. The Morgan fingerprint density at radius 1 is 1.50 bits per heavy atom. The Labute approximate surface area is 71.2 Å². The van der Waals surface area contributed by atoms with Gasteiger partial charge in [0.2, 0.25) is 0 Å². The molecular weight excluding hydrogens is 154 g/mol. The highest BCUT2D eigenvalue weighted by atomic mass is 16.2. The van der Waals surface area contributed by atoms with Crippen molar-refractivity contribution in [3.8, 4) is 0 Å². The molecule has 0 aromatic heterocycles. The standard InChI is InChI=1S/C9H11NO2/c1-5-4-6(2)10-9(12)8(5)7(3)11/h4,8H,1-3H3. The highest BCUT2D eigenvalue weighted by Gasteiger charge is 2.27. The second kappa shape index (κ2) is 3.01. The van der Waals surface area contributed by atoms with Crippen molar-refractivity contribution in [3.05, 3.63) is 11.6 Å². The van der Waals surface area contributed by atoms with Gasteiger partial charge in [-0.1, -0.05) is 5.57 Å². The van der Waals surface area contributed by atoms with E-state index in [9.17, 15) is 9.59 Å². The fraction of sp³-hybridized carbons (Fsp3) is 0.444. The molecule has 1 rings (SSSR count). The molecule has 3 nitrogen and oxygen atoms in total. The van der Waals surface area contributed by atoms with Crippen LogP contribution in [0.3, 0.4) is 0 Å². The van der Waals surface area contributed by atoms with Crippen LogP contribution < -0.4 is 0 Å². The first kappa shape index (κ1) is 8.84. The molecule has 64 valence electrons. The van der Waals surface area contributed by atoms with Crippen LogP contribution in [-0.2, 0) is 9.59 Å². The number of allylic oxidation sites excluding steroid dienone is 1. The number of Topliss-reactive ketones (excluding diaryl/α,β-unsaturated/α-hetero) is 1. The molecule has 0 radical (unpaired) electrons. The SMILES string of the molecule is CC(=O)C1C(=O)N=C(C)C=C1C. The predicted octanol–water partition coefficient (Wildman–Crippen LogP) is 1.14. The Balaban J connectivity index is 3.03. The molecule has 1 aliphatic heterocycles. The minimum atomic E-state index is -0.631. The van der Waals surface area contributed by atoms with E-state index in [1.807, 2.05) is 0 Å². The van der Waals surface area contributed by atoms with Crippen LogP contribution in [-0.4, -0.2) is 17.4 Å².